The molecule has 1 fully saturated rings. The number of imidazole rings is 1. The second kappa shape index (κ2) is 3.51. The molecule has 0 atom stereocenters. The van der Waals surface area contributed by atoms with E-state index >= 15 is 0 Å². The quantitative estimate of drug-likeness (QED) is 0.847. The molecule has 16 heavy (non-hydrogen) atoms. The first-order chi connectivity index (χ1) is 7.41. The Bertz CT molecular complexity index is 362. The minimum atomic E-state index is 0.448. The van der Waals surface area contributed by atoms with Gasteiger partial charge in [0.1, 0.15) is 0 Å². The normalized spacial score (nSPS) is 22.1. The maximum atomic E-state index is 4.33. The van der Waals surface area contributed by atoms with Crippen molar-refractivity contribution in [3.8, 4) is 0 Å². The molecule has 0 unspecified atom stereocenters. The van der Waals surface area contributed by atoms with Gasteiger partial charge in [0, 0.05) is 25.5 Å². The number of aromatic nitrogens is 2. The molecule has 1 aliphatic carbocycles. The van der Waals surface area contributed by atoms with Crippen LogP contribution in [0.25, 0.3) is 0 Å². The van der Waals surface area contributed by atoms with Crippen LogP contribution in [-0.2, 0) is 6.54 Å². The second-order valence-electron chi connectivity index (χ2n) is 5.91. The molecule has 0 radical (unpaired) electrons. The minimum Gasteiger partial charge on any atom is -0.355 e. The van der Waals surface area contributed by atoms with Crippen molar-refractivity contribution in [2.24, 2.45) is 16.7 Å². The highest BCUT2D eigenvalue weighted by molar-refractivity contribution is 5.28. The molecule has 3 heteroatoms. The molecule has 0 bridgehead atoms. The van der Waals surface area contributed by atoms with E-state index in [0.29, 0.717) is 10.8 Å². The zero-order chi connectivity index (χ0) is 12.0. The summed E-state index contributed by atoms with van der Waals surface area (Å²) in [6.45, 7) is 13.5. The van der Waals surface area contributed by atoms with Gasteiger partial charge in [-0.15, -0.1) is 0 Å². The largest absolute Gasteiger partial charge is 0.355 e. The van der Waals surface area contributed by atoms with E-state index < -0.39 is 0 Å². The van der Waals surface area contributed by atoms with E-state index in [2.05, 4.69) is 49.5 Å². The highest BCUT2D eigenvalue weighted by atomic mass is 15.2. The van der Waals surface area contributed by atoms with E-state index in [1.807, 2.05) is 12.4 Å². The lowest BCUT2D eigenvalue weighted by Crippen LogP contribution is -2.12. The lowest BCUT2D eigenvalue weighted by molar-refractivity contribution is 0.457. The van der Waals surface area contributed by atoms with Crippen molar-refractivity contribution in [1.82, 2.24) is 9.55 Å². The molecular formula is C13H23N3. The van der Waals surface area contributed by atoms with Crippen molar-refractivity contribution >= 4 is 5.95 Å². The van der Waals surface area contributed by atoms with Crippen LogP contribution >= 0.6 is 0 Å². The number of aryl methyl sites for hydroxylation is 1. The first-order valence-corrected chi connectivity index (χ1v) is 6.16. The van der Waals surface area contributed by atoms with Crippen LogP contribution in [0, 0.1) is 16.7 Å². The average Bonchev–Trinajstić information content (AvgIpc) is 2.59. The molecule has 90 valence electrons. The lowest BCUT2D eigenvalue weighted by Gasteiger charge is -2.08. The fraction of sp³-hybridized carbons (Fsp3) is 0.769. The fourth-order valence-corrected chi connectivity index (χ4v) is 2.77. The van der Waals surface area contributed by atoms with E-state index in [1.165, 1.54) is 0 Å². The molecule has 1 aromatic rings. The molecule has 0 saturated heterocycles. The van der Waals surface area contributed by atoms with Gasteiger partial charge in [-0.05, 0) is 23.7 Å². The molecule has 1 N–H and O–H groups in total. The van der Waals surface area contributed by atoms with Gasteiger partial charge in [-0.3, -0.25) is 0 Å². The Morgan fingerprint density at radius 1 is 1.31 bits per heavy atom. The summed E-state index contributed by atoms with van der Waals surface area (Å²) in [4.78, 5) is 4.33. The molecule has 0 amide bonds. The summed E-state index contributed by atoms with van der Waals surface area (Å²) in [7, 11) is 0. The number of hydrogen-bond donors (Lipinski definition) is 1. The summed E-state index contributed by atoms with van der Waals surface area (Å²) in [6, 6.07) is 0. The van der Waals surface area contributed by atoms with E-state index in [4.69, 9.17) is 0 Å². The van der Waals surface area contributed by atoms with Crippen molar-refractivity contribution in [3.63, 3.8) is 0 Å². The third kappa shape index (κ3) is 1.53. The number of nitrogens with one attached hydrogen (secondary N) is 1. The molecule has 0 spiro atoms. The predicted molar refractivity (Wildman–Crippen MR) is 67.4 cm³/mol. The summed E-state index contributed by atoms with van der Waals surface area (Å²) < 4.78 is 2.14. The van der Waals surface area contributed by atoms with E-state index in [9.17, 15) is 0 Å². The Kier molecular flexibility index (Phi) is 2.52. The third-order valence-corrected chi connectivity index (χ3v) is 4.84. The monoisotopic (exact) mass is 221 g/mol. The van der Waals surface area contributed by atoms with Crippen molar-refractivity contribution in [3.05, 3.63) is 12.4 Å². The first kappa shape index (κ1) is 11.5. The Morgan fingerprint density at radius 2 is 1.94 bits per heavy atom. The average molecular weight is 221 g/mol. The molecule has 2 rings (SSSR count). The van der Waals surface area contributed by atoms with Gasteiger partial charge < -0.3 is 9.88 Å². The topological polar surface area (TPSA) is 29.9 Å². The standard InChI is InChI=1S/C13H23N3/c1-6-16-8-7-14-11(16)15-9-10-12(2,3)13(10,4)5/h7-8,10H,6,9H2,1-5H3,(H,14,15). The lowest BCUT2D eigenvalue weighted by atomic mass is 10.0. The van der Waals surface area contributed by atoms with Crippen LogP contribution in [0.2, 0.25) is 0 Å². The highest BCUT2D eigenvalue weighted by Crippen LogP contribution is 2.68. The molecule has 0 aliphatic heterocycles. The van der Waals surface area contributed by atoms with Crippen LogP contribution in [0.5, 0.6) is 0 Å². The van der Waals surface area contributed by atoms with Crippen molar-refractivity contribution in [2.75, 3.05) is 11.9 Å². The molecule has 1 saturated carbocycles. The SMILES string of the molecule is CCn1ccnc1NCC1C(C)(C)C1(C)C. The zero-order valence-corrected chi connectivity index (χ0v) is 11.0. The van der Waals surface area contributed by atoms with Crippen LogP contribution in [-0.4, -0.2) is 16.1 Å². The number of anilines is 1. The smallest absolute Gasteiger partial charge is 0.202 e. The fourth-order valence-electron chi connectivity index (χ4n) is 2.77. The Hall–Kier alpha value is -0.990. The summed E-state index contributed by atoms with van der Waals surface area (Å²) in [5, 5.41) is 3.47. The van der Waals surface area contributed by atoms with Gasteiger partial charge in [0.25, 0.3) is 0 Å². The summed E-state index contributed by atoms with van der Waals surface area (Å²) >= 11 is 0. The maximum Gasteiger partial charge on any atom is 0.202 e. The van der Waals surface area contributed by atoms with E-state index in [0.717, 1.165) is 25.0 Å². The first-order valence-electron chi connectivity index (χ1n) is 6.16. The van der Waals surface area contributed by atoms with Gasteiger partial charge in [-0.25, -0.2) is 4.98 Å². The minimum absolute atomic E-state index is 0.448. The number of rotatable bonds is 4. The summed E-state index contributed by atoms with van der Waals surface area (Å²) in [6.07, 6.45) is 3.88. The zero-order valence-electron chi connectivity index (χ0n) is 11.0. The van der Waals surface area contributed by atoms with Crippen LogP contribution in [0.15, 0.2) is 12.4 Å². The predicted octanol–water partition coefficient (Wildman–Crippen LogP) is 3.00. The molecule has 1 heterocycles. The molecule has 0 aromatic carbocycles. The van der Waals surface area contributed by atoms with Gasteiger partial charge in [0.2, 0.25) is 5.95 Å². The van der Waals surface area contributed by atoms with Gasteiger partial charge in [-0.2, -0.15) is 0 Å². The van der Waals surface area contributed by atoms with Crippen LogP contribution in [0.3, 0.4) is 0 Å². The van der Waals surface area contributed by atoms with Gasteiger partial charge in [-0.1, -0.05) is 27.7 Å². The number of nitrogens with zero attached hydrogens (tertiary/aromatic N) is 2. The van der Waals surface area contributed by atoms with Crippen molar-refractivity contribution in [2.45, 2.75) is 41.2 Å². The third-order valence-electron chi connectivity index (χ3n) is 4.84. The Labute approximate surface area is 98.3 Å². The van der Waals surface area contributed by atoms with Crippen LogP contribution in [0.4, 0.5) is 5.95 Å². The van der Waals surface area contributed by atoms with Crippen molar-refractivity contribution in [1.29, 1.82) is 0 Å². The Balaban J connectivity index is 1.95. The van der Waals surface area contributed by atoms with Gasteiger partial charge >= 0.3 is 0 Å². The highest BCUT2D eigenvalue weighted by Gasteiger charge is 2.64. The summed E-state index contributed by atoms with van der Waals surface area (Å²) in [5.41, 5.74) is 0.896. The molecule has 1 aliphatic rings. The molecular weight excluding hydrogens is 198 g/mol. The van der Waals surface area contributed by atoms with Crippen LogP contribution < -0.4 is 5.32 Å². The van der Waals surface area contributed by atoms with Crippen molar-refractivity contribution < 1.29 is 0 Å². The maximum absolute atomic E-state index is 4.33. The second-order valence-corrected chi connectivity index (χ2v) is 5.91. The van der Waals surface area contributed by atoms with Gasteiger partial charge in [0.15, 0.2) is 0 Å². The molecule has 1 aromatic heterocycles. The van der Waals surface area contributed by atoms with Gasteiger partial charge in [0.05, 0.1) is 0 Å². The summed E-state index contributed by atoms with van der Waals surface area (Å²) in [5.74, 6) is 1.74. The van der Waals surface area contributed by atoms with E-state index in [1.54, 1.807) is 0 Å². The molecule has 3 nitrogen and oxygen atoms in total. The number of hydrogen-bond acceptors (Lipinski definition) is 2. The van der Waals surface area contributed by atoms with E-state index in [-0.39, 0.29) is 0 Å². The Morgan fingerprint density at radius 3 is 2.44 bits per heavy atom. The van der Waals surface area contributed by atoms with Crippen LogP contribution in [0.1, 0.15) is 34.6 Å².